The van der Waals surface area contributed by atoms with Gasteiger partial charge in [0, 0.05) is 5.92 Å². The molecule has 0 aromatic heterocycles. The summed E-state index contributed by atoms with van der Waals surface area (Å²) in [6, 6.07) is 41.0. The van der Waals surface area contributed by atoms with Crippen LogP contribution in [0, 0.1) is 0 Å². The number of ether oxygens (including phenoxy) is 4. The first-order valence-electron chi connectivity index (χ1n) is 15.7. The fourth-order valence-electron chi connectivity index (χ4n) is 6.49. The van der Waals surface area contributed by atoms with Gasteiger partial charge < -0.3 is 29.4 Å². The molecule has 0 bridgehead atoms. The third kappa shape index (κ3) is 6.32. The summed E-state index contributed by atoms with van der Waals surface area (Å²) in [4.78, 5) is 13.3. The van der Waals surface area contributed by atoms with Crippen LogP contribution in [0.25, 0.3) is 11.1 Å². The van der Waals surface area contributed by atoms with Crippen LogP contribution < -0.4 is 14.8 Å². The van der Waals surface area contributed by atoms with Crippen LogP contribution in [0.5, 0.6) is 11.5 Å². The number of aliphatic hydroxyl groups excluding tert-OH is 1. The molecule has 2 unspecified atom stereocenters. The largest absolute Gasteiger partial charge is 0.497 e. The summed E-state index contributed by atoms with van der Waals surface area (Å²) in [7, 11) is 3.25. The number of amides is 1. The lowest BCUT2D eigenvalue weighted by molar-refractivity contribution is -0.0617. The van der Waals surface area contributed by atoms with Crippen molar-refractivity contribution >= 4 is 6.09 Å². The van der Waals surface area contributed by atoms with Crippen LogP contribution in [0.4, 0.5) is 4.79 Å². The second kappa shape index (κ2) is 14.1. The lowest BCUT2D eigenvalue weighted by Gasteiger charge is -2.40. The second-order valence-corrected chi connectivity index (χ2v) is 11.6. The Morgan fingerprint density at radius 3 is 1.66 bits per heavy atom. The molecule has 1 aliphatic rings. The molecule has 6 rings (SSSR count). The maximum Gasteiger partial charge on any atom is 0.407 e. The Labute approximate surface area is 275 Å². The number of carbonyl (C=O) groups is 1. The molecule has 7 nitrogen and oxygen atoms in total. The number of rotatable bonds is 12. The zero-order chi connectivity index (χ0) is 32.8. The SMILES string of the molecule is COc1ccc(C(OC(C)C(CO)NC(=O)OCC2c3ccccc3-c3ccccc32)(c2ccccc2)c2ccc(OC)cc2)cc1. The summed E-state index contributed by atoms with van der Waals surface area (Å²) in [5.41, 5.74) is 6.02. The maximum atomic E-state index is 13.3. The minimum absolute atomic E-state index is 0.0784. The molecule has 1 amide bonds. The van der Waals surface area contributed by atoms with E-state index in [4.69, 9.17) is 18.9 Å². The molecule has 47 heavy (non-hydrogen) atoms. The van der Waals surface area contributed by atoms with E-state index in [-0.39, 0.29) is 19.1 Å². The van der Waals surface area contributed by atoms with Crippen LogP contribution in [0.3, 0.4) is 0 Å². The lowest BCUT2D eigenvalue weighted by Crippen LogP contribution is -2.49. The predicted octanol–water partition coefficient (Wildman–Crippen LogP) is 7.30. The highest BCUT2D eigenvalue weighted by atomic mass is 16.6. The highest BCUT2D eigenvalue weighted by molar-refractivity contribution is 5.79. The number of nitrogens with one attached hydrogen (secondary N) is 1. The summed E-state index contributed by atoms with van der Waals surface area (Å²) in [6.45, 7) is 1.65. The number of benzene rings is 5. The van der Waals surface area contributed by atoms with Gasteiger partial charge in [-0.3, -0.25) is 0 Å². The quantitative estimate of drug-likeness (QED) is 0.141. The number of carbonyl (C=O) groups excluding carboxylic acids is 1. The van der Waals surface area contributed by atoms with Gasteiger partial charge in [-0.25, -0.2) is 4.79 Å². The lowest BCUT2D eigenvalue weighted by atomic mass is 9.79. The van der Waals surface area contributed by atoms with E-state index in [1.807, 2.05) is 110 Å². The van der Waals surface area contributed by atoms with Crippen LogP contribution in [-0.2, 0) is 15.1 Å². The van der Waals surface area contributed by atoms with Crippen LogP contribution in [0.2, 0.25) is 0 Å². The van der Waals surface area contributed by atoms with Crippen molar-refractivity contribution in [2.45, 2.75) is 30.6 Å². The molecule has 0 saturated carbocycles. The van der Waals surface area contributed by atoms with Gasteiger partial charge in [0.15, 0.2) is 0 Å². The Morgan fingerprint density at radius 2 is 1.17 bits per heavy atom. The van der Waals surface area contributed by atoms with Crippen molar-refractivity contribution in [3.8, 4) is 22.6 Å². The predicted molar refractivity (Wildman–Crippen MR) is 182 cm³/mol. The van der Waals surface area contributed by atoms with Crippen molar-refractivity contribution in [1.29, 1.82) is 0 Å². The van der Waals surface area contributed by atoms with Crippen molar-refractivity contribution < 1.29 is 28.8 Å². The van der Waals surface area contributed by atoms with Gasteiger partial charge in [-0.05, 0) is 70.1 Å². The molecule has 0 radical (unpaired) electrons. The van der Waals surface area contributed by atoms with Crippen LogP contribution in [0.15, 0.2) is 127 Å². The fourth-order valence-corrected chi connectivity index (χ4v) is 6.49. The van der Waals surface area contributed by atoms with Crippen molar-refractivity contribution in [2.24, 2.45) is 0 Å². The molecule has 2 N–H and O–H groups in total. The zero-order valence-corrected chi connectivity index (χ0v) is 26.8. The minimum atomic E-state index is -1.12. The van der Waals surface area contributed by atoms with Crippen molar-refractivity contribution in [2.75, 3.05) is 27.4 Å². The minimum Gasteiger partial charge on any atom is -0.497 e. The highest BCUT2D eigenvalue weighted by Crippen LogP contribution is 2.45. The van der Waals surface area contributed by atoms with Gasteiger partial charge in [0.25, 0.3) is 0 Å². The number of fused-ring (bicyclic) bond motifs is 3. The van der Waals surface area contributed by atoms with E-state index in [0.29, 0.717) is 11.5 Å². The fraction of sp³-hybridized carbons (Fsp3) is 0.225. The Kier molecular flexibility index (Phi) is 9.57. The van der Waals surface area contributed by atoms with E-state index >= 15 is 0 Å². The third-order valence-corrected chi connectivity index (χ3v) is 8.95. The van der Waals surface area contributed by atoms with Gasteiger partial charge in [0.05, 0.1) is 33.0 Å². The molecule has 1 aliphatic carbocycles. The van der Waals surface area contributed by atoms with Crippen LogP contribution in [0.1, 0.15) is 40.7 Å². The first kappa shape index (κ1) is 31.9. The topological polar surface area (TPSA) is 86.2 Å². The van der Waals surface area contributed by atoms with E-state index in [1.165, 1.54) is 0 Å². The first-order valence-corrected chi connectivity index (χ1v) is 15.7. The van der Waals surface area contributed by atoms with Crippen molar-refractivity contribution in [1.82, 2.24) is 5.32 Å². The van der Waals surface area contributed by atoms with Gasteiger partial charge in [-0.1, -0.05) is 103 Å². The average Bonchev–Trinajstić information content (AvgIpc) is 3.45. The summed E-state index contributed by atoms with van der Waals surface area (Å²) >= 11 is 0. The Hall–Kier alpha value is -5.11. The standard InChI is InChI=1S/C40H39NO6/c1-27(38(25-42)41-39(43)46-26-37-35-15-9-7-13-33(35)34-14-8-10-16-36(34)37)47-40(28-11-5-4-6-12-28,29-17-21-31(44-2)22-18-29)30-19-23-32(45-3)24-20-30/h4-24,27,37-38,42H,25-26H2,1-3H3,(H,41,43). The van der Waals surface area contributed by atoms with E-state index in [2.05, 4.69) is 29.6 Å². The summed E-state index contributed by atoms with van der Waals surface area (Å²) in [6.07, 6.45) is -1.29. The molecule has 0 saturated heterocycles. The van der Waals surface area contributed by atoms with Gasteiger partial charge in [0.1, 0.15) is 23.7 Å². The Bertz CT molecular complexity index is 1700. The highest BCUT2D eigenvalue weighted by Gasteiger charge is 2.41. The van der Waals surface area contributed by atoms with E-state index < -0.39 is 23.8 Å². The van der Waals surface area contributed by atoms with Crippen molar-refractivity contribution in [3.05, 3.63) is 155 Å². The molecule has 240 valence electrons. The number of methoxy groups -OCH3 is 2. The van der Waals surface area contributed by atoms with E-state index in [0.717, 1.165) is 38.9 Å². The number of hydrogen-bond donors (Lipinski definition) is 2. The molecule has 5 aromatic carbocycles. The molecular weight excluding hydrogens is 590 g/mol. The molecule has 5 aromatic rings. The maximum absolute atomic E-state index is 13.3. The Balaban J connectivity index is 1.27. The molecule has 0 fully saturated rings. The van der Waals surface area contributed by atoms with Gasteiger partial charge in [0.2, 0.25) is 0 Å². The second-order valence-electron chi connectivity index (χ2n) is 11.6. The van der Waals surface area contributed by atoms with Crippen molar-refractivity contribution in [3.63, 3.8) is 0 Å². The van der Waals surface area contributed by atoms with Crippen LogP contribution >= 0.6 is 0 Å². The third-order valence-electron chi connectivity index (χ3n) is 8.95. The molecule has 0 aliphatic heterocycles. The number of aliphatic hydroxyl groups is 1. The smallest absolute Gasteiger partial charge is 0.407 e. The van der Waals surface area contributed by atoms with E-state index in [9.17, 15) is 9.90 Å². The molecule has 7 heteroatoms. The van der Waals surface area contributed by atoms with Gasteiger partial charge in [-0.15, -0.1) is 0 Å². The van der Waals surface area contributed by atoms with E-state index in [1.54, 1.807) is 14.2 Å². The number of alkyl carbamates (subject to hydrolysis) is 1. The normalized spacial score (nSPS) is 13.6. The van der Waals surface area contributed by atoms with Gasteiger partial charge >= 0.3 is 6.09 Å². The average molecular weight is 630 g/mol. The molecule has 0 heterocycles. The summed E-state index contributed by atoms with van der Waals surface area (Å²) in [5, 5.41) is 13.4. The molecule has 2 atom stereocenters. The summed E-state index contributed by atoms with van der Waals surface area (Å²) < 4.78 is 23.8. The Morgan fingerprint density at radius 1 is 0.702 bits per heavy atom. The molecule has 0 spiro atoms. The zero-order valence-electron chi connectivity index (χ0n) is 26.8. The summed E-state index contributed by atoms with van der Waals surface area (Å²) in [5.74, 6) is 1.34. The number of hydrogen-bond acceptors (Lipinski definition) is 6. The van der Waals surface area contributed by atoms with Gasteiger partial charge in [-0.2, -0.15) is 0 Å². The first-order chi connectivity index (χ1) is 23.0. The monoisotopic (exact) mass is 629 g/mol. The van der Waals surface area contributed by atoms with Crippen LogP contribution in [-0.4, -0.2) is 50.8 Å². The molecular formula is C40H39NO6.